The maximum absolute atomic E-state index is 6.15. The van der Waals surface area contributed by atoms with E-state index < -0.39 is 0 Å². The Kier molecular flexibility index (Phi) is 5.90. The van der Waals surface area contributed by atoms with Gasteiger partial charge in [-0.3, -0.25) is 0 Å². The summed E-state index contributed by atoms with van der Waals surface area (Å²) in [6, 6.07) is 5.72. The normalized spacial score (nSPS) is 11.5. The Bertz CT molecular complexity index is 418. The standard InChI is InChI=1S/C14H18ClNO/c1-3-4-5-9-17-14-8-6-7-13(15)12(14)10-11(2)16/h6-8,11H,5,9-10,16H2,1-2H3. The van der Waals surface area contributed by atoms with E-state index in [0.29, 0.717) is 18.1 Å². The third-order valence-electron chi connectivity index (χ3n) is 2.26. The molecule has 0 fully saturated rings. The second kappa shape index (κ2) is 7.21. The average Bonchev–Trinajstić information content (AvgIpc) is 2.28. The van der Waals surface area contributed by atoms with Gasteiger partial charge in [-0.05, 0) is 32.4 Å². The molecule has 0 bridgehead atoms. The molecule has 0 aliphatic heterocycles. The minimum Gasteiger partial charge on any atom is -0.492 e. The van der Waals surface area contributed by atoms with Gasteiger partial charge in [0.15, 0.2) is 0 Å². The van der Waals surface area contributed by atoms with Gasteiger partial charge in [0.1, 0.15) is 5.75 Å². The summed E-state index contributed by atoms with van der Waals surface area (Å²) < 4.78 is 5.68. The Morgan fingerprint density at radius 1 is 1.47 bits per heavy atom. The summed E-state index contributed by atoms with van der Waals surface area (Å²) in [6.45, 7) is 4.35. The van der Waals surface area contributed by atoms with Crippen molar-refractivity contribution >= 4 is 11.6 Å². The maximum Gasteiger partial charge on any atom is 0.124 e. The molecule has 1 rings (SSSR count). The molecule has 0 aliphatic rings. The Labute approximate surface area is 108 Å². The highest BCUT2D eigenvalue weighted by atomic mass is 35.5. The number of halogens is 1. The minimum absolute atomic E-state index is 0.0627. The third kappa shape index (κ3) is 4.68. The molecule has 92 valence electrons. The van der Waals surface area contributed by atoms with Crippen LogP contribution >= 0.6 is 11.6 Å². The van der Waals surface area contributed by atoms with Gasteiger partial charge in [0.2, 0.25) is 0 Å². The Morgan fingerprint density at radius 3 is 2.88 bits per heavy atom. The fraction of sp³-hybridized carbons (Fsp3) is 0.429. The molecule has 0 saturated heterocycles. The number of hydrogen-bond donors (Lipinski definition) is 1. The van der Waals surface area contributed by atoms with Gasteiger partial charge in [-0.15, -0.1) is 11.8 Å². The van der Waals surface area contributed by atoms with E-state index in [1.807, 2.05) is 32.0 Å². The third-order valence-corrected chi connectivity index (χ3v) is 2.62. The molecule has 0 spiro atoms. The lowest BCUT2D eigenvalue weighted by molar-refractivity contribution is 0.323. The Hall–Kier alpha value is -1.17. The van der Waals surface area contributed by atoms with E-state index in [9.17, 15) is 0 Å². The molecule has 0 saturated carbocycles. The number of nitrogens with two attached hydrogens (primary N) is 1. The quantitative estimate of drug-likeness (QED) is 0.645. The van der Waals surface area contributed by atoms with Crippen LogP contribution in [0.2, 0.25) is 5.02 Å². The molecular weight excluding hydrogens is 234 g/mol. The highest BCUT2D eigenvalue weighted by Crippen LogP contribution is 2.27. The molecule has 0 heterocycles. The van der Waals surface area contributed by atoms with Crippen LogP contribution in [0.5, 0.6) is 5.75 Å². The predicted molar refractivity (Wildman–Crippen MR) is 72.4 cm³/mol. The monoisotopic (exact) mass is 251 g/mol. The second-order valence-corrected chi connectivity index (χ2v) is 4.33. The molecular formula is C14H18ClNO. The first-order valence-corrected chi connectivity index (χ1v) is 6.08. The van der Waals surface area contributed by atoms with Gasteiger partial charge in [-0.1, -0.05) is 17.7 Å². The Morgan fingerprint density at radius 2 is 2.24 bits per heavy atom. The van der Waals surface area contributed by atoms with Crippen molar-refractivity contribution in [1.82, 2.24) is 0 Å². The molecule has 0 amide bonds. The topological polar surface area (TPSA) is 35.2 Å². The summed E-state index contributed by atoms with van der Waals surface area (Å²) in [5.74, 6) is 6.61. The first-order chi connectivity index (χ1) is 8.15. The highest BCUT2D eigenvalue weighted by molar-refractivity contribution is 6.31. The molecule has 1 aromatic carbocycles. The summed E-state index contributed by atoms with van der Waals surface area (Å²) in [6.07, 6.45) is 1.44. The van der Waals surface area contributed by atoms with Crippen molar-refractivity contribution in [3.05, 3.63) is 28.8 Å². The van der Waals surface area contributed by atoms with Crippen LogP contribution in [-0.4, -0.2) is 12.6 Å². The lowest BCUT2D eigenvalue weighted by Gasteiger charge is -2.13. The van der Waals surface area contributed by atoms with E-state index in [0.717, 1.165) is 17.7 Å². The van der Waals surface area contributed by atoms with Crippen molar-refractivity contribution in [2.24, 2.45) is 5.73 Å². The van der Waals surface area contributed by atoms with Crippen LogP contribution in [0.15, 0.2) is 18.2 Å². The van der Waals surface area contributed by atoms with Gasteiger partial charge in [-0.2, -0.15) is 0 Å². The van der Waals surface area contributed by atoms with Gasteiger partial charge >= 0.3 is 0 Å². The van der Waals surface area contributed by atoms with Crippen LogP contribution in [-0.2, 0) is 6.42 Å². The van der Waals surface area contributed by atoms with E-state index in [4.69, 9.17) is 22.1 Å². The molecule has 1 atom stereocenters. The molecule has 1 aromatic rings. The maximum atomic E-state index is 6.15. The second-order valence-electron chi connectivity index (χ2n) is 3.92. The van der Waals surface area contributed by atoms with Crippen molar-refractivity contribution in [3.63, 3.8) is 0 Å². The summed E-state index contributed by atoms with van der Waals surface area (Å²) in [4.78, 5) is 0. The predicted octanol–water partition coefficient (Wildman–Crippen LogP) is 3.02. The van der Waals surface area contributed by atoms with Gasteiger partial charge in [0.25, 0.3) is 0 Å². The molecule has 17 heavy (non-hydrogen) atoms. The summed E-state index contributed by atoms with van der Waals surface area (Å²) >= 11 is 6.15. The summed E-state index contributed by atoms with van der Waals surface area (Å²) in [7, 11) is 0. The summed E-state index contributed by atoms with van der Waals surface area (Å²) in [5.41, 5.74) is 6.78. The van der Waals surface area contributed by atoms with E-state index in [1.165, 1.54) is 0 Å². The van der Waals surface area contributed by atoms with E-state index in [2.05, 4.69) is 11.8 Å². The van der Waals surface area contributed by atoms with Crippen molar-refractivity contribution in [3.8, 4) is 17.6 Å². The largest absolute Gasteiger partial charge is 0.492 e. The zero-order chi connectivity index (χ0) is 12.7. The molecule has 2 N–H and O–H groups in total. The van der Waals surface area contributed by atoms with E-state index in [-0.39, 0.29) is 6.04 Å². The first-order valence-electron chi connectivity index (χ1n) is 5.70. The fourth-order valence-electron chi connectivity index (χ4n) is 1.53. The van der Waals surface area contributed by atoms with Crippen LogP contribution in [0, 0.1) is 11.8 Å². The van der Waals surface area contributed by atoms with Gasteiger partial charge in [-0.25, -0.2) is 0 Å². The number of rotatable bonds is 5. The molecule has 0 aromatic heterocycles. The molecule has 0 aliphatic carbocycles. The number of hydrogen-bond acceptors (Lipinski definition) is 2. The van der Waals surface area contributed by atoms with Crippen molar-refractivity contribution in [2.75, 3.05) is 6.61 Å². The van der Waals surface area contributed by atoms with E-state index in [1.54, 1.807) is 0 Å². The molecule has 3 heteroatoms. The zero-order valence-corrected chi connectivity index (χ0v) is 11.1. The molecule has 0 radical (unpaired) electrons. The van der Waals surface area contributed by atoms with Crippen molar-refractivity contribution in [2.45, 2.75) is 32.7 Å². The first kappa shape index (κ1) is 13.9. The highest BCUT2D eigenvalue weighted by Gasteiger charge is 2.09. The van der Waals surface area contributed by atoms with Crippen LogP contribution in [0.4, 0.5) is 0 Å². The lowest BCUT2D eigenvalue weighted by atomic mass is 10.1. The van der Waals surface area contributed by atoms with Crippen LogP contribution in [0.25, 0.3) is 0 Å². The van der Waals surface area contributed by atoms with Crippen LogP contribution in [0.1, 0.15) is 25.8 Å². The molecule has 1 unspecified atom stereocenters. The van der Waals surface area contributed by atoms with Crippen molar-refractivity contribution < 1.29 is 4.74 Å². The van der Waals surface area contributed by atoms with Crippen molar-refractivity contribution in [1.29, 1.82) is 0 Å². The lowest BCUT2D eigenvalue weighted by Crippen LogP contribution is -2.18. The number of benzene rings is 1. The Balaban J connectivity index is 2.74. The average molecular weight is 252 g/mol. The van der Waals surface area contributed by atoms with E-state index >= 15 is 0 Å². The number of ether oxygens (including phenoxy) is 1. The fourth-order valence-corrected chi connectivity index (χ4v) is 1.77. The smallest absolute Gasteiger partial charge is 0.124 e. The SMILES string of the molecule is CC#CCCOc1cccc(Cl)c1CC(C)N. The molecule has 2 nitrogen and oxygen atoms in total. The van der Waals surface area contributed by atoms with Crippen LogP contribution < -0.4 is 10.5 Å². The van der Waals surface area contributed by atoms with Gasteiger partial charge in [0, 0.05) is 23.0 Å². The zero-order valence-electron chi connectivity index (χ0n) is 10.3. The summed E-state index contributed by atoms with van der Waals surface area (Å²) in [5, 5.41) is 0.710. The van der Waals surface area contributed by atoms with Gasteiger partial charge < -0.3 is 10.5 Å². The van der Waals surface area contributed by atoms with Crippen LogP contribution in [0.3, 0.4) is 0 Å². The minimum atomic E-state index is 0.0627. The van der Waals surface area contributed by atoms with Gasteiger partial charge in [0.05, 0.1) is 6.61 Å².